The molecule has 5 nitrogen and oxygen atoms in total. The average Bonchev–Trinajstić information content (AvgIpc) is 2.77. The molecule has 0 amide bonds. The summed E-state index contributed by atoms with van der Waals surface area (Å²) in [6.07, 6.45) is 5.00. The van der Waals surface area contributed by atoms with Crippen LogP contribution in [0.25, 0.3) is 0 Å². The molecule has 1 saturated heterocycles. The van der Waals surface area contributed by atoms with Crippen molar-refractivity contribution in [1.29, 1.82) is 0 Å². The Morgan fingerprint density at radius 1 is 1.10 bits per heavy atom. The second-order valence-electron chi connectivity index (χ2n) is 5.48. The molecule has 0 unspecified atom stereocenters. The summed E-state index contributed by atoms with van der Waals surface area (Å²) >= 11 is 1.71. The van der Waals surface area contributed by atoms with Gasteiger partial charge < -0.3 is 0 Å². The first kappa shape index (κ1) is 14.6. The zero-order valence-corrected chi connectivity index (χ0v) is 13.2. The lowest BCUT2D eigenvalue weighted by molar-refractivity contribution is 0.246. The molecule has 1 aliphatic heterocycles. The Morgan fingerprint density at radius 3 is 2.57 bits per heavy atom. The minimum atomic E-state index is 0.937. The Kier molecular flexibility index (Phi) is 4.90. The molecule has 1 fully saturated rings. The van der Waals surface area contributed by atoms with Crippen LogP contribution in [-0.2, 0) is 13.1 Å². The smallest absolute Gasteiger partial charge is 0.131 e. The van der Waals surface area contributed by atoms with Crippen molar-refractivity contribution in [3.63, 3.8) is 0 Å². The van der Waals surface area contributed by atoms with E-state index in [0.717, 1.165) is 49.3 Å². The van der Waals surface area contributed by atoms with Crippen LogP contribution in [0.4, 0.5) is 0 Å². The summed E-state index contributed by atoms with van der Waals surface area (Å²) in [6, 6.07) is 4.16. The third-order valence-electron chi connectivity index (χ3n) is 3.74. The standard InChI is InChI=1S/C15H21N5S/c1-13-17-18-15(21-13)12-20-7-3-6-19(8-9-20)11-14-4-2-5-16-10-14/h2,4-5,10H,3,6-9,11-12H2,1H3. The maximum Gasteiger partial charge on any atom is 0.131 e. The molecule has 1 aliphatic rings. The van der Waals surface area contributed by atoms with Crippen molar-refractivity contribution in [3.8, 4) is 0 Å². The van der Waals surface area contributed by atoms with E-state index >= 15 is 0 Å². The molecule has 0 aliphatic carbocycles. The van der Waals surface area contributed by atoms with Crippen LogP contribution in [0.1, 0.15) is 22.0 Å². The van der Waals surface area contributed by atoms with Gasteiger partial charge in [0.15, 0.2) is 0 Å². The van der Waals surface area contributed by atoms with Crippen molar-refractivity contribution < 1.29 is 0 Å². The monoisotopic (exact) mass is 303 g/mol. The molecule has 0 N–H and O–H groups in total. The van der Waals surface area contributed by atoms with Crippen LogP contribution in [0.5, 0.6) is 0 Å². The van der Waals surface area contributed by atoms with Gasteiger partial charge in [-0.2, -0.15) is 0 Å². The molecule has 0 aromatic carbocycles. The number of hydrogen-bond acceptors (Lipinski definition) is 6. The summed E-state index contributed by atoms with van der Waals surface area (Å²) in [5.74, 6) is 0. The Bertz CT molecular complexity index is 556. The van der Waals surface area contributed by atoms with Crippen molar-refractivity contribution in [2.24, 2.45) is 0 Å². The van der Waals surface area contributed by atoms with Crippen LogP contribution in [0.15, 0.2) is 24.5 Å². The van der Waals surface area contributed by atoms with E-state index in [1.54, 1.807) is 11.3 Å². The fraction of sp³-hybridized carbons (Fsp3) is 0.533. The highest BCUT2D eigenvalue weighted by Crippen LogP contribution is 2.14. The summed E-state index contributed by atoms with van der Waals surface area (Å²) in [6.45, 7) is 8.44. The van der Waals surface area contributed by atoms with Crippen LogP contribution in [0, 0.1) is 6.92 Å². The van der Waals surface area contributed by atoms with Gasteiger partial charge in [-0.15, -0.1) is 21.5 Å². The van der Waals surface area contributed by atoms with E-state index in [9.17, 15) is 0 Å². The highest BCUT2D eigenvalue weighted by Gasteiger charge is 2.16. The van der Waals surface area contributed by atoms with E-state index in [4.69, 9.17) is 0 Å². The normalized spacial score (nSPS) is 17.8. The van der Waals surface area contributed by atoms with Crippen LogP contribution in [-0.4, -0.2) is 51.2 Å². The van der Waals surface area contributed by atoms with E-state index in [2.05, 4.69) is 31.0 Å². The molecule has 0 spiro atoms. The second-order valence-corrected chi connectivity index (χ2v) is 6.75. The van der Waals surface area contributed by atoms with E-state index in [-0.39, 0.29) is 0 Å². The first-order chi connectivity index (χ1) is 10.3. The molecule has 0 bridgehead atoms. The van der Waals surface area contributed by atoms with Gasteiger partial charge in [-0.05, 0) is 38.1 Å². The zero-order valence-electron chi connectivity index (χ0n) is 12.4. The number of rotatable bonds is 4. The van der Waals surface area contributed by atoms with Crippen LogP contribution in [0.2, 0.25) is 0 Å². The topological polar surface area (TPSA) is 45.2 Å². The highest BCUT2D eigenvalue weighted by molar-refractivity contribution is 7.11. The van der Waals surface area contributed by atoms with Crippen molar-refractivity contribution >= 4 is 11.3 Å². The van der Waals surface area contributed by atoms with E-state index in [0.29, 0.717) is 0 Å². The van der Waals surface area contributed by atoms with Crippen LogP contribution in [0.3, 0.4) is 0 Å². The van der Waals surface area contributed by atoms with Gasteiger partial charge in [0.25, 0.3) is 0 Å². The quantitative estimate of drug-likeness (QED) is 0.864. The van der Waals surface area contributed by atoms with E-state index in [1.165, 1.54) is 12.0 Å². The lowest BCUT2D eigenvalue weighted by atomic mass is 10.2. The Balaban J connectivity index is 1.52. The summed E-state index contributed by atoms with van der Waals surface area (Å²) in [7, 11) is 0. The van der Waals surface area contributed by atoms with Gasteiger partial charge >= 0.3 is 0 Å². The second kappa shape index (κ2) is 7.06. The van der Waals surface area contributed by atoms with Crippen molar-refractivity contribution in [2.45, 2.75) is 26.4 Å². The molecule has 21 heavy (non-hydrogen) atoms. The predicted molar refractivity (Wildman–Crippen MR) is 84.1 cm³/mol. The molecular weight excluding hydrogens is 282 g/mol. The minimum absolute atomic E-state index is 0.937. The predicted octanol–water partition coefficient (Wildman–Crippen LogP) is 1.95. The van der Waals surface area contributed by atoms with Gasteiger partial charge in [-0.25, -0.2) is 0 Å². The molecule has 2 aromatic rings. The molecule has 6 heteroatoms. The van der Waals surface area contributed by atoms with Gasteiger partial charge in [-0.1, -0.05) is 6.07 Å². The molecule has 112 valence electrons. The number of hydrogen-bond donors (Lipinski definition) is 0. The SMILES string of the molecule is Cc1nnc(CN2CCCN(Cc3cccnc3)CC2)s1. The Morgan fingerprint density at radius 2 is 1.90 bits per heavy atom. The number of aromatic nitrogens is 3. The maximum atomic E-state index is 4.23. The number of aryl methyl sites for hydroxylation is 1. The van der Waals surface area contributed by atoms with E-state index < -0.39 is 0 Å². The number of pyridine rings is 1. The Hall–Kier alpha value is -1.37. The molecule has 3 rings (SSSR count). The third kappa shape index (κ3) is 4.30. The van der Waals surface area contributed by atoms with Crippen molar-refractivity contribution in [3.05, 3.63) is 40.1 Å². The largest absolute Gasteiger partial charge is 0.298 e. The molecule has 0 atom stereocenters. The lowest BCUT2D eigenvalue weighted by Crippen LogP contribution is -2.30. The Labute approximate surface area is 129 Å². The van der Waals surface area contributed by atoms with Gasteiger partial charge in [0.1, 0.15) is 10.0 Å². The van der Waals surface area contributed by atoms with Crippen LogP contribution >= 0.6 is 11.3 Å². The molecule has 0 saturated carbocycles. The average molecular weight is 303 g/mol. The number of nitrogens with zero attached hydrogens (tertiary/aromatic N) is 5. The molecule has 0 radical (unpaired) electrons. The minimum Gasteiger partial charge on any atom is -0.298 e. The highest BCUT2D eigenvalue weighted by atomic mass is 32.1. The van der Waals surface area contributed by atoms with Crippen LogP contribution < -0.4 is 0 Å². The lowest BCUT2D eigenvalue weighted by Gasteiger charge is -2.21. The first-order valence-electron chi connectivity index (χ1n) is 7.42. The van der Waals surface area contributed by atoms with Gasteiger partial charge in [0.2, 0.25) is 0 Å². The summed E-state index contributed by atoms with van der Waals surface area (Å²) < 4.78 is 0. The molecule has 2 aromatic heterocycles. The third-order valence-corrected chi connectivity index (χ3v) is 4.56. The fourth-order valence-electron chi connectivity index (χ4n) is 2.68. The van der Waals surface area contributed by atoms with Crippen molar-refractivity contribution in [2.75, 3.05) is 26.2 Å². The summed E-state index contributed by atoms with van der Waals surface area (Å²) in [5.41, 5.74) is 1.30. The van der Waals surface area contributed by atoms with Gasteiger partial charge in [0, 0.05) is 32.0 Å². The van der Waals surface area contributed by atoms with Gasteiger partial charge in [0.05, 0.1) is 6.54 Å². The van der Waals surface area contributed by atoms with Gasteiger partial charge in [-0.3, -0.25) is 14.8 Å². The first-order valence-corrected chi connectivity index (χ1v) is 8.24. The zero-order chi connectivity index (χ0) is 14.5. The van der Waals surface area contributed by atoms with E-state index in [1.807, 2.05) is 25.4 Å². The molecular formula is C15H21N5S. The summed E-state index contributed by atoms with van der Waals surface area (Å²) in [5, 5.41) is 10.5. The maximum absolute atomic E-state index is 4.23. The van der Waals surface area contributed by atoms with Crippen molar-refractivity contribution in [1.82, 2.24) is 25.0 Å². The molecule has 3 heterocycles. The fourth-order valence-corrected chi connectivity index (χ4v) is 3.43. The summed E-state index contributed by atoms with van der Waals surface area (Å²) in [4.78, 5) is 9.20.